The van der Waals surface area contributed by atoms with E-state index in [0.29, 0.717) is 5.25 Å². The first kappa shape index (κ1) is 12.6. The molecule has 0 aliphatic carbocycles. The second kappa shape index (κ2) is 4.93. The van der Waals surface area contributed by atoms with Crippen LogP contribution >= 0.6 is 11.8 Å². The molecule has 2 aliphatic heterocycles. The molecule has 1 aromatic rings. The normalized spacial score (nSPS) is 34.4. The molecule has 3 heterocycles. The molecule has 0 amide bonds. The molecule has 0 aromatic carbocycles. The zero-order valence-electron chi connectivity index (χ0n) is 9.98. The molecule has 0 saturated carbocycles. The van der Waals surface area contributed by atoms with Gasteiger partial charge < -0.3 is 0 Å². The van der Waals surface area contributed by atoms with E-state index in [1.165, 1.54) is 5.56 Å². The Labute approximate surface area is 118 Å². The molecule has 18 heavy (non-hydrogen) atoms. The Hall–Kier alpha value is -0.422. The third-order valence-corrected chi connectivity index (χ3v) is 5.52. The number of aliphatic hydroxyl groups excluding tert-OH is 1. The second-order valence-electron chi connectivity index (χ2n) is 4.37. The van der Waals surface area contributed by atoms with E-state index in [1.54, 1.807) is 35.0 Å². The molecule has 0 spiro atoms. The number of aliphatic imine (C=N–C) groups is 1. The Morgan fingerprint density at radius 3 is 3.22 bits per heavy atom. The first-order valence-electron chi connectivity index (χ1n) is 5.87. The minimum atomic E-state index is -0.123. The van der Waals surface area contributed by atoms with Gasteiger partial charge in [-0.05, 0) is 0 Å². The van der Waals surface area contributed by atoms with Crippen LogP contribution in [0.25, 0.3) is 0 Å². The summed E-state index contributed by atoms with van der Waals surface area (Å²) < 4.78 is 7.98. The standard InChI is InChI=1S/C11H16AsN3O2S/c1-6-11(17-8(4-16)18-6)15-3-2-7-9(12)13-5-14-10(7)15/h2-3,5-6,8-9,11,16H,4,12H2,1H3,(H,13,14)/t6-,8+,9?,11-/m1/s1. The van der Waals surface area contributed by atoms with Crippen LogP contribution in [0, 0.1) is 0 Å². The van der Waals surface area contributed by atoms with Gasteiger partial charge in [0.25, 0.3) is 0 Å². The van der Waals surface area contributed by atoms with E-state index in [1.807, 2.05) is 6.20 Å². The molecule has 2 aliphatic rings. The van der Waals surface area contributed by atoms with Crippen LogP contribution < -0.4 is 5.32 Å². The number of hydrogen-bond donors (Lipinski definition) is 2. The van der Waals surface area contributed by atoms with Gasteiger partial charge in [-0.2, -0.15) is 0 Å². The fraction of sp³-hybridized carbons (Fsp3) is 0.545. The number of anilines is 1. The fourth-order valence-electron chi connectivity index (χ4n) is 2.31. The topological polar surface area (TPSA) is 58.8 Å². The van der Waals surface area contributed by atoms with E-state index in [2.05, 4.69) is 27.9 Å². The number of fused-ring (bicyclic) bond motifs is 1. The summed E-state index contributed by atoms with van der Waals surface area (Å²) in [6.45, 7) is 2.19. The van der Waals surface area contributed by atoms with Crippen LogP contribution in [-0.2, 0) is 4.74 Å². The Morgan fingerprint density at radius 1 is 1.67 bits per heavy atom. The predicted octanol–water partition coefficient (Wildman–Crippen LogP) is 0.542. The van der Waals surface area contributed by atoms with Gasteiger partial charge in [-0.1, -0.05) is 0 Å². The first-order chi connectivity index (χ1) is 8.70. The Morgan fingerprint density at radius 2 is 2.50 bits per heavy atom. The molecule has 5 nitrogen and oxygen atoms in total. The number of hydrogen-bond acceptors (Lipinski definition) is 5. The van der Waals surface area contributed by atoms with E-state index >= 15 is 0 Å². The second-order valence-corrected chi connectivity index (χ2v) is 7.24. The molecule has 3 rings (SSSR count). The average Bonchev–Trinajstić information content (AvgIpc) is 2.93. The van der Waals surface area contributed by atoms with Gasteiger partial charge in [0.05, 0.1) is 0 Å². The average molecular weight is 329 g/mol. The number of nitrogens with one attached hydrogen (secondary N) is 1. The maximum atomic E-state index is 9.19. The number of aliphatic hydroxyl groups is 1. The minimum absolute atomic E-state index is 0.0328. The molecule has 2 N–H and O–H groups in total. The fourth-order valence-corrected chi connectivity index (χ4v) is 4.13. The summed E-state index contributed by atoms with van der Waals surface area (Å²) in [4.78, 5) is 4.60. The van der Waals surface area contributed by atoms with Crippen molar-refractivity contribution in [3.63, 3.8) is 0 Å². The zero-order valence-corrected chi connectivity index (χ0v) is 13.2. The summed E-state index contributed by atoms with van der Waals surface area (Å²) in [5.74, 6) is 1.07. The molecule has 1 fully saturated rings. The summed E-state index contributed by atoms with van der Waals surface area (Å²) in [7, 11) is 0. The van der Waals surface area contributed by atoms with Crippen LogP contribution in [0.1, 0.15) is 23.5 Å². The summed E-state index contributed by atoms with van der Waals surface area (Å²) >= 11 is 3.27. The molecule has 2 unspecified atom stereocenters. The van der Waals surface area contributed by atoms with Crippen LogP contribution in [0.5, 0.6) is 0 Å². The van der Waals surface area contributed by atoms with Gasteiger partial charge in [-0.15, -0.1) is 0 Å². The van der Waals surface area contributed by atoms with Crippen molar-refractivity contribution in [2.24, 2.45) is 4.99 Å². The van der Waals surface area contributed by atoms with Crippen molar-refractivity contribution in [2.45, 2.75) is 28.7 Å². The van der Waals surface area contributed by atoms with Crippen molar-refractivity contribution in [3.8, 4) is 0 Å². The molecule has 98 valence electrons. The van der Waals surface area contributed by atoms with Gasteiger partial charge in [-0.25, -0.2) is 0 Å². The van der Waals surface area contributed by atoms with Crippen LogP contribution in [0.15, 0.2) is 17.3 Å². The van der Waals surface area contributed by atoms with Crippen molar-refractivity contribution in [1.29, 1.82) is 0 Å². The van der Waals surface area contributed by atoms with Gasteiger partial charge in [0.2, 0.25) is 0 Å². The predicted molar refractivity (Wildman–Crippen MR) is 75.9 cm³/mol. The summed E-state index contributed by atoms with van der Waals surface area (Å²) in [5, 5.41) is 12.7. The Kier molecular flexibility index (Phi) is 3.45. The van der Waals surface area contributed by atoms with Crippen LogP contribution in [-0.4, -0.2) is 50.2 Å². The molecular weight excluding hydrogens is 313 g/mol. The summed E-state index contributed by atoms with van der Waals surface area (Å²) in [6, 6.07) is 2.10. The monoisotopic (exact) mass is 329 g/mol. The number of rotatable bonds is 2. The van der Waals surface area contributed by atoms with Crippen molar-refractivity contribution in [2.75, 3.05) is 11.9 Å². The Bertz CT molecular complexity index is 479. The van der Waals surface area contributed by atoms with E-state index < -0.39 is 0 Å². The van der Waals surface area contributed by atoms with E-state index in [0.717, 1.165) is 5.82 Å². The van der Waals surface area contributed by atoms with Crippen molar-refractivity contribution >= 4 is 40.8 Å². The van der Waals surface area contributed by atoms with Gasteiger partial charge >= 0.3 is 119 Å². The molecule has 5 atom stereocenters. The summed E-state index contributed by atoms with van der Waals surface area (Å²) in [6.07, 6.45) is 3.76. The number of thioether (sulfide) groups is 1. The van der Waals surface area contributed by atoms with Crippen LogP contribution in [0.2, 0.25) is 0 Å². The Balaban J connectivity index is 1.90. The number of nitrogens with zero attached hydrogens (tertiary/aromatic N) is 2. The van der Waals surface area contributed by atoms with Crippen molar-refractivity contribution < 1.29 is 9.84 Å². The molecular formula is C11H16AsN3O2S. The number of ether oxygens (including phenoxy) is 1. The molecule has 0 radical (unpaired) electrons. The quantitative estimate of drug-likeness (QED) is 0.778. The summed E-state index contributed by atoms with van der Waals surface area (Å²) in [5.41, 5.74) is 1.09. The number of aromatic nitrogens is 1. The zero-order chi connectivity index (χ0) is 12.7. The van der Waals surface area contributed by atoms with Crippen molar-refractivity contribution in [1.82, 2.24) is 4.57 Å². The van der Waals surface area contributed by atoms with Crippen molar-refractivity contribution in [3.05, 3.63) is 17.8 Å². The molecule has 1 aromatic heterocycles. The molecule has 1 saturated heterocycles. The molecule has 0 bridgehead atoms. The first-order valence-corrected chi connectivity index (χ1v) is 8.21. The maximum absolute atomic E-state index is 9.19. The van der Waals surface area contributed by atoms with Gasteiger partial charge in [0, 0.05) is 0 Å². The van der Waals surface area contributed by atoms with Crippen LogP contribution in [0.3, 0.4) is 0 Å². The van der Waals surface area contributed by atoms with Gasteiger partial charge in [0.15, 0.2) is 0 Å². The van der Waals surface area contributed by atoms with E-state index in [-0.39, 0.29) is 23.1 Å². The molecule has 7 heteroatoms. The van der Waals surface area contributed by atoms with Gasteiger partial charge in [-0.3, -0.25) is 0 Å². The van der Waals surface area contributed by atoms with E-state index in [4.69, 9.17) is 4.74 Å². The third kappa shape index (κ3) is 2.01. The van der Waals surface area contributed by atoms with Crippen LogP contribution in [0.4, 0.5) is 5.82 Å². The van der Waals surface area contributed by atoms with E-state index in [9.17, 15) is 5.11 Å². The third-order valence-electron chi connectivity index (χ3n) is 3.18. The SMILES string of the molecule is C[C@H]1S[C@@H](CO)O[C@H]1n1ccc2c1NC=NC2[AsH2]. The van der Waals surface area contributed by atoms with Gasteiger partial charge in [0.1, 0.15) is 0 Å².